The fourth-order valence-corrected chi connectivity index (χ4v) is 2.23. The van der Waals surface area contributed by atoms with E-state index in [1.807, 2.05) is 0 Å². The summed E-state index contributed by atoms with van der Waals surface area (Å²) in [5.74, 6) is 0.348. The van der Waals surface area contributed by atoms with Crippen LogP contribution < -0.4 is 5.73 Å². The molecule has 1 heterocycles. The maximum atomic E-state index is 11.4. The normalized spacial score (nSPS) is 13.9. The summed E-state index contributed by atoms with van der Waals surface area (Å²) in [6.07, 6.45) is 0.714. The van der Waals surface area contributed by atoms with Gasteiger partial charge >= 0.3 is 0 Å². The molecule has 1 aromatic heterocycles. The molecule has 0 amide bonds. The monoisotopic (exact) mass is 270 g/mol. The number of aromatic nitrogens is 1. The van der Waals surface area contributed by atoms with Gasteiger partial charge < -0.3 is 14.9 Å². The molecule has 2 rings (SSSR count). The fraction of sp³-hybridized carbons (Fsp3) is 0.364. The van der Waals surface area contributed by atoms with Crippen molar-refractivity contribution in [1.29, 1.82) is 0 Å². The highest BCUT2D eigenvalue weighted by Gasteiger charge is 2.17. The summed E-state index contributed by atoms with van der Waals surface area (Å²) in [5, 5.41) is 0. The van der Waals surface area contributed by atoms with E-state index in [0.717, 1.165) is 6.26 Å². The summed E-state index contributed by atoms with van der Waals surface area (Å²) < 4.78 is 33.4. The molecule has 0 saturated carbocycles. The second-order valence-corrected chi connectivity index (χ2v) is 5.93. The third kappa shape index (κ3) is 2.38. The number of methoxy groups -OCH3 is 1. The first-order valence-corrected chi connectivity index (χ1v) is 7.18. The molecule has 0 spiro atoms. The number of sulfone groups is 1. The van der Waals surface area contributed by atoms with E-state index in [1.54, 1.807) is 6.07 Å². The van der Waals surface area contributed by atoms with Crippen LogP contribution in [-0.4, -0.2) is 33.3 Å². The molecular weight excluding hydrogens is 256 g/mol. The average Bonchev–Trinajstić information content (AvgIpc) is 2.71. The molecule has 6 nitrogen and oxygen atoms in total. The van der Waals surface area contributed by atoms with Crippen molar-refractivity contribution >= 4 is 20.9 Å². The van der Waals surface area contributed by atoms with Crippen molar-refractivity contribution in [3.8, 4) is 0 Å². The Morgan fingerprint density at radius 1 is 1.50 bits per heavy atom. The highest BCUT2D eigenvalue weighted by atomic mass is 32.2. The minimum atomic E-state index is -3.25. The number of rotatable bonds is 4. The molecule has 0 bridgehead atoms. The van der Waals surface area contributed by atoms with Crippen molar-refractivity contribution in [2.24, 2.45) is 5.73 Å². The van der Waals surface area contributed by atoms with Gasteiger partial charge in [0.05, 0.1) is 4.90 Å². The Labute approximate surface area is 105 Å². The summed E-state index contributed by atoms with van der Waals surface area (Å²) >= 11 is 0. The van der Waals surface area contributed by atoms with Gasteiger partial charge in [0.15, 0.2) is 15.4 Å². The number of oxazole rings is 1. The lowest BCUT2D eigenvalue weighted by Gasteiger charge is -2.06. The van der Waals surface area contributed by atoms with Crippen LogP contribution in [0.5, 0.6) is 0 Å². The zero-order chi connectivity index (χ0) is 13.3. The van der Waals surface area contributed by atoms with Gasteiger partial charge in [-0.25, -0.2) is 13.4 Å². The molecule has 18 heavy (non-hydrogen) atoms. The van der Waals surface area contributed by atoms with Crippen molar-refractivity contribution < 1.29 is 17.6 Å². The molecule has 1 aromatic carbocycles. The van der Waals surface area contributed by atoms with Crippen LogP contribution in [0.25, 0.3) is 11.1 Å². The van der Waals surface area contributed by atoms with Gasteiger partial charge in [-0.1, -0.05) is 0 Å². The second-order valence-electron chi connectivity index (χ2n) is 3.91. The van der Waals surface area contributed by atoms with E-state index >= 15 is 0 Å². The Hall–Kier alpha value is -1.44. The maximum absolute atomic E-state index is 11.4. The van der Waals surface area contributed by atoms with Crippen molar-refractivity contribution in [3.63, 3.8) is 0 Å². The molecule has 0 radical (unpaired) electrons. The van der Waals surface area contributed by atoms with E-state index in [-0.39, 0.29) is 11.4 Å². The molecule has 0 aliphatic heterocycles. The fourth-order valence-electron chi connectivity index (χ4n) is 1.59. The largest absolute Gasteiger partial charge is 0.438 e. The first-order valence-electron chi connectivity index (χ1n) is 5.29. The van der Waals surface area contributed by atoms with Crippen LogP contribution in [0.2, 0.25) is 0 Å². The van der Waals surface area contributed by atoms with Gasteiger partial charge in [0.1, 0.15) is 11.6 Å². The van der Waals surface area contributed by atoms with Crippen molar-refractivity contribution in [1.82, 2.24) is 4.98 Å². The lowest BCUT2D eigenvalue weighted by atomic mass is 10.3. The van der Waals surface area contributed by atoms with Crippen molar-refractivity contribution in [2.75, 3.05) is 19.9 Å². The minimum Gasteiger partial charge on any atom is -0.438 e. The van der Waals surface area contributed by atoms with Crippen LogP contribution >= 0.6 is 0 Å². The Balaban J connectivity index is 2.52. The molecule has 98 valence electrons. The van der Waals surface area contributed by atoms with Crippen LogP contribution in [0.1, 0.15) is 12.0 Å². The summed E-state index contributed by atoms with van der Waals surface area (Å²) in [6, 6.07) is 4.53. The standard InChI is InChI=1S/C11H14N2O4S/c1-16-10(6-12)11-13-8-5-7(18(2,14)15)3-4-9(8)17-11/h3-5,10H,6,12H2,1-2H3. The van der Waals surface area contributed by atoms with Gasteiger partial charge in [0.25, 0.3) is 0 Å². The zero-order valence-corrected chi connectivity index (χ0v) is 10.9. The molecule has 1 atom stereocenters. The number of hydrogen-bond donors (Lipinski definition) is 1. The molecule has 0 saturated heterocycles. The van der Waals surface area contributed by atoms with Crippen LogP contribution in [0.4, 0.5) is 0 Å². The lowest BCUT2D eigenvalue weighted by molar-refractivity contribution is 0.0878. The van der Waals surface area contributed by atoms with Gasteiger partial charge in [-0.3, -0.25) is 0 Å². The summed E-state index contributed by atoms with van der Waals surface area (Å²) in [4.78, 5) is 4.40. The number of fused-ring (bicyclic) bond motifs is 1. The van der Waals surface area contributed by atoms with Crippen molar-refractivity contribution in [3.05, 3.63) is 24.1 Å². The molecule has 0 fully saturated rings. The number of hydrogen-bond acceptors (Lipinski definition) is 6. The van der Waals surface area contributed by atoms with E-state index in [9.17, 15) is 8.42 Å². The van der Waals surface area contributed by atoms with E-state index < -0.39 is 15.9 Å². The molecule has 0 aliphatic rings. The first kappa shape index (κ1) is 13.0. The summed E-state index contributed by atoms with van der Waals surface area (Å²) in [6.45, 7) is 0.238. The average molecular weight is 270 g/mol. The summed E-state index contributed by atoms with van der Waals surface area (Å²) in [5.41, 5.74) is 6.50. The molecule has 2 aromatic rings. The number of nitrogens with zero attached hydrogens (tertiary/aromatic N) is 1. The number of benzene rings is 1. The number of ether oxygens (including phenoxy) is 1. The number of nitrogens with two attached hydrogens (primary N) is 1. The quantitative estimate of drug-likeness (QED) is 0.886. The topological polar surface area (TPSA) is 95.4 Å². The maximum Gasteiger partial charge on any atom is 0.225 e. The van der Waals surface area contributed by atoms with E-state index in [2.05, 4.69) is 4.98 Å². The highest BCUT2D eigenvalue weighted by molar-refractivity contribution is 7.90. The Kier molecular flexibility index (Phi) is 3.38. The van der Waals surface area contributed by atoms with E-state index in [4.69, 9.17) is 14.9 Å². The SMILES string of the molecule is COC(CN)c1nc2cc(S(C)(=O)=O)ccc2o1. The third-order valence-electron chi connectivity index (χ3n) is 2.58. The predicted molar refractivity (Wildman–Crippen MR) is 65.9 cm³/mol. The molecule has 7 heteroatoms. The minimum absolute atomic E-state index is 0.205. The Morgan fingerprint density at radius 2 is 2.22 bits per heavy atom. The van der Waals surface area contributed by atoms with E-state index in [1.165, 1.54) is 19.2 Å². The Bertz CT molecular complexity index is 659. The zero-order valence-electron chi connectivity index (χ0n) is 10.1. The van der Waals surface area contributed by atoms with Gasteiger partial charge in [0, 0.05) is 19.9 Å². The van der Waals surface area contributed by atoms with Gasteiger partial charge in [0.2, 0.25) is 5.89 Å². The van der Waals surface area contributed by atoms with Crippen molar-refractivity contribution in [2.45, 2.75) is 11.0 Å². The first-order chi connectivity index (χ1) is 8.45. The van der Waals surface area contributed by atoms with E-state index in [0.29, 0.717) is 17.0 Å². The molecular formula is C11H14N2O4S. The van der Waals surface area contributed by atoms with Crippen LogP contribution in [-0.2, 0) is 14.6 Å². The Morgan fingerprint density at radius 3 is 2.78 bits per heavy atom. The highest BCUT2D eigenvalue weighted by Crippen LogP contribution is 2.23. The lowest BCUT2D eigenvalue weighted by Crippen LogP contribution is -2.14. The van der Waals surface area contributed by atoms with Crippen LogP contribution in [0.3, 0.4) is 0 Å². The van der Waals surface area contributed by atoms with Crippen LogP contribution in [0, 0.1) is 0 Å². The van der Waals surface area contributed by atoms with Gasteiger partial charge in [-0.05, 0) is 18.2 Å². The van der Waals surface area contributed by atoms with Gasteiger partial charge in [-0.2, -0.15) is 0 Å². The summed E-state index contributed by atoms with van der Waals surface area (Å²) in [7, 11) is -1.75. The molecule has 1 unspecified atom stereocenters. The molecule has 0 aliphatic carbocycles. The van der Waals surface area contributed by atoms with Gasteiger partial charge in [-0.15, -0.1) is 0 Å². The third-order valence-corrected chi connectivity index (χ3v) is 3.69. The second kappa shape index (κ2) is 4.68. The van der Waals surface area contributed by atoms with Crippen LogP contribution in [0.15, 0.2) is 27.5 Å². The smallest absolute Gasteiger partial charge is 0.225 e. The predicted octanol–water partition coefficient (Wildman–Crippen LogP) is 0.878. The molecule has 2 N–H and O–H groups in total.